The highest BCUT2D eigenvalue weighted by Crippen LogP contribution is 2.29. The number of piperazine rings is 1. The van der Waals surface area contributed by atoms with Gasteiger partial charge in [-0.2, -0.15) is 0 Å². The first kappa shape index (κ1) is 17.3. The van der Waals surface area contributed by atoms with E-state index in [0.717, 1.165) is 43.1 Å². The number of nitrogens with zero attached hydrogens (tertiary/aromatic N) is 3. The molecule has 2 aromatic rings. The largest absolute Gasteiger partial charge is 0.345 e. The summed E-state index contributed by atoms with van der Waals surface area (Å²) < 4.78 is 36.4. The Balaban J connectivity index is 1.63. The van der Waals surface area contributed by atoms with E-state index in [1.807, 2.05) is 6.07 Å². The van der Waals surface area contributed by atoms with Gasteiger partial charge in [0.1, 0.15) is 5.82 Å². The second-order valence-electron chi connectivity index (χ2n) is 5.81. The average Bonchev–Trinajstić information content (AvgIpc) is 2.90. The number of anilines is 1. The molecule has 0 atom stereocenters. The zero-order chi connectivity index (χ0) is 17.3. The van der Waals surface area contributed by atoms with Crippen LogP contribution in [0.4, 0.5) is 9.52 Å². The Morgan fingerprint density at radius 3 is 2.58 bits per heavy atom. The molecule has 0 saturated carbocycles. The van der Waals surface area contributed by atoms with E-state index in [-0.39, 0.29) is 10.0 Å². The lowest BCUT2D eigenvalue weighted by Crippen LogP contribution is -2.45. The van der Waals surface area contributed by atoms with Crippen LogP contribution in [0.2, 0.25) is 0 Å². The van der Waals surface area contributed by atoms with E-state index in [4.69, 9.17) is 5.14 Å². The Hall–Kier alpha value is -1.55. The van der Waals surface area contributed by atoms with Crippen LogP contribution in [0.5, 0.6) is 0 Å². The van der Waals surface area contributed by atoms with E-state index >= 15 is 0 Å². The van der Waals surface area contributed by atoms with Crippen LogP contribution in [0, 0.1) is 12.7 Å². The molecule has 3 rings (SSSR count). The van der Waals surface area contributed by atoms with Gasteiger partial charge in [0.15, 0.2) is 9.34 Å². The van der Waals surface area contributed by atoms with Crippen molar-refractivity contribution in [1.29, 1.82) is 0 Å². The van der Waals surface area contributed by atoms with Gasteiger partial charge in [0, 0.05) is 32.7 Å². The zero-order valence-corrected chi connectivity index (χ0v) is 14.9. The molecule has 1 aromatic heterocycles. The van der Waals surface area contributed by atoms with Gasteiger partial charge in [0.25, 0.3) is 0 Å². The molecule has 1 aliphatic heterocycles. The molecule has 9 heteroatoms. The highest BCUT2D eigenvalue weighted by atomic mass is 32.2. The van der Waals surface area contributed by atoms with Crippen LogP contribution in [0.15, 0.2) is 28.5 Å². The minimum absolute atomic E-state index is 0.125. The second-order valence-corrected chi connectivity index (χ2v) is 8.54. The molecule has 0 spiro atoms. The summed E-state index contributed by atoms with van der Waals surface area (Å²) in [4.78, 5) is 8.64. The molecule has 0 radical (unpaired) electrons. The third-order valence-electron chi connectivity index (χ3n) is 3.94. The molecule has 0 bridgehead atoms. The van der Waals surface area contributed by atoms with Gasteiger partial charge in [0.2, 0.25) is 10.0 Å². The molecule has 6 nitrogen and oxygen atoms in total. The summed E-state index contributed by atoms with van der Waals surface area (Å²) in [6.07, 6.45) is 0. The molecule has 2 heterocycles. The number of benzene rings is 1. The summed E-state index contributed by atoms with van der Waals surface area (Å²) in [5.74, 6) is -0.222. The Morgan fingerprint density at radius 2 is 2.00 bits per heavy atom. The van der Waals surface area contributed by atoms with Gasteiger partial charge in [-0.15, -0.1) is 0 Å². The normalized spacial score (nSPS) is 16.5. The van der Waals surface area contributed by atoms with Crippen molar-refractivity contribution in [2.75, 3.05) is 31.1 Å². The van der Waals surface area contributed by atoms with Gasteiger partial charge in [-0.3, -0.25) is 4.90 Å². The monoisotopic (exact) mass is 370 g/mol. The predicted octanol–water partition coefficient (Wildman–Crippen LogP) is 1.56. The van der Waals surface area contributed by atoms with E-state index in [0.29, 0.717) is 17.4 Å². The number of halogens is 1. The van der Waals surface area contributed by atoms with Crippen molar-refractivity contribution < 1.29 is 12.8 Å². The van der Waals surface area contributed by atoms with E-state index < -0.39 is 10.0 Å². The first-order valence-electron chi connectivity index (χ1n) is 7.55. The fraction of sp³-hybridized carbons (Fsp3) is 0.400. The van der Waals surface area contributed by atoms with Crippen molar-refractivity contribution in [3.05, 3.63) is 41.3 Å². The van der Waals surface area contributed by atoms with E-state index in [1.165, 1.54) is 6.07 Å². The summed E-state index contributed by atoms with van der Waals surface area (Å²) in [6.45, 7) is 5.45. The van der Waals surface area contributed by atoms with Gasteiger partial charge < -0.3 is 4.90 Å². The number of hydrogen-bond acceptors (Lipinski definition) is 6. The molecule has 0 amide bonds. The number of hydrogen-bond donors (Lipinski definition) is 1. The molecule has 2 N–H and O–H groups in total. The zero-order valence-electron chi connectivity index (χ0n) is 13.3. The van der Waals surface area contributed by atoms with Crippen LogP contribution < -0.4 is 10.0 Å². The molecule has 1 saturated heterocycles. The molecular weight excluding hydrogens is 351 g/mol. The molecule has 130 valence electrons. The van der Waals surface area contributed by atoms with Gasteiger partial charge in [-0.25, -0.2) is 22.9 Å². The third-order valence-corrected chi connectivity index (χ3v) is 6.71. The lowest BCUT2D eigenvalue weighted by atomic mass is 10.2. The summed E-state index contributed by atoms with van der Waals surface area (Å²) in [5, 5.41) is 5.89. The molecule has 0 unspecified atom stereocenters. The molecule has 1 aliphatic rings. The Morgan fingerprint density at radius 1 is 1.29 bits per heavy atom. The fourth-order valence-corrected chi connectivity index (χ4v) is 4.76. The van der Waals surface area contributed by atoms with Crippen LogP contribution in [0.3, 0.4) is 0 Å². The second kappa shape index (κ2) is 6.75. The molecule has 24 heavy (non-hydrogen) atoms. The SMILES string of the molecule is Cc1nc(N2CCN(Cc3cccc(F)c3)CC2)sc1S(N)(=O)=O. The van der Waals surface area contributed by atoms with Crippen molar-refractivity contribution in [2.24, 2.45) is 5.14 Å². The van der Waals surface area contributed by atoms with Crippen molar-refractivity contribution in [3.8, 4) is 0 Å². The van der Waals surface area contributed by atoms with Crippen molar-refractivity contribution in [3.63, 3.8) is 0 Å². The highest BCUT2D eigenvalue weighted by Gasteiger charge is 2.23. The topological polar surface area (TPSA) is 79.5 Å². The van der Waals surface area contributed by atoms with Gasteiger partial charge in [-0.1, -0.05) is 23.5 Å². The first-order valence-corrected chi connectivity index (χ1v) is 9.91. The Bertz CT molecular complexity index is 830. The molecular formula is C15H19FN4O2S2. The van der Waals surface area contributed by atoms with E-state index in [1.54, 1.807) is 19.1 Å². The van der Waals surface area contributed by atoms with Gasteiger partial charge in [0.05, 0.1) is 5.69 Å². The maximum atomic E-state index is 13.2. The summed E-state index contributed by atoms with van der Waals surface area (Å²) in [6, 6.07) is 6.62. The van der Waals surface area contributed by atoms with Gasteiger partial charge in [-0.05, 0) is 24.6 Å². The number of primary sulfonamides is 1. The third kappa shape index (κ3) is 3.92. The molecule has 0 aliphatic carbocycles. The van der Waals surface area contributed by atoms with Crippen molar-refractivity contribution in [1.82, 2.24) is 9.88 Å². The smallest absolute Gasteiger partial charge is 0.249 e. The van der Waals surface area contributed by atoms with Crippen LogP contribution in [-0.2, 0) is 16.6 Å². The van der Waals surface area contributed by atoms with Crippen LogP contribution in [-0.4, -0.2) is 44.5 Å². The number of thiazole rings is 1. The number of nitrogens with two attached hydrogens (primary N) is 1. The summed E-state index contributed by atoms with van der Waals surface area (Å²) in [7, 11) is -3.72. The van der Waals surface area contributed by atoms with Crippen LogP contribution in [0.25, 0.3) is 0 Å². The maximum Gasteiger partial charge on any atom is 0.249 e. The Kier molecular flexibility index (Phi) is 4.86. The van der Waals surface area contributed by atoms with E-state index in [2.05, 4.69) is 14.8 Å². The summed E-state index contributed by atoms with van der Waals surface area (Å²) in [5.41, 5.74) is 1.39. The fourth-order valence-electron chi connectivity index (χ4n) is 2.76. The van der Waals surface area contributed by atoms with Crippen molar-refractivity contribution >= 4 is 26.5 Å². The van der Waals surface area contributed by atoms with Crippen molar-refractivity contribution in [2.45, 2.75) is 17.7 Å². The molecule has 1 fully saturated rings. The van der Waals surface area contributed by atoms with Crippen LogP contribution >= 0.6 is 11.3 Å². The highest BCUT2D eigenvalue weighted by molar-refractivity contribution is 7.91. The quantitative estimate of drug-likeness (QED) is 0.884. The number of sulfonamides is 1. The Labute approximate surface area is 144 Å². The maximum absolute atomic E-state index is 13.2. The minimum atomic E-state index is -3.72. The van der Waals surface area contributed by atoms with E-state index in [9.17, 15) is 12.8 Å². The predicted molar refractivity (Wildman–Crippen MR) is 92.1 cm³/mol. The first-order chi connectivity index (χ1) is 11.3. The molecule has 1 aromatic carbocycles. The van der Waals surface area contributed by atoms with Crippen LogP contribution in [0.1, 0.15) is 11.3 Å². The average molecular weight is 370 g/mol. The standard InChI is InChI=1S/C15H19FN4O2S2/c1-11-14(24(17,21)22)23-15(18-11)20-7-5-19(6-8-20)10-12-3-2-4-13(16)9-12/h2-4,9H,5-8,10H2,1H3,(H2,17,21,22). The minimum Gasteiger partial charge on any atom is -0.345 e. The number of rotatable bonds is 4. The number of aromatic nitrogens is 1. The lowest BCUT2D eigenvalue weighted by Gasteiger charge is -2.34. The summed E-state index contributed by atoms with van der Waals surface area (Å²) >= 11 is 1.11. The number of aryl methyl sites for hydroxylation is 1. The lowest BCUT2D eigenvalue weighted by molar-refractivity contribution is 0.249. The van der Waals surface area contributed by atoms with Gasteiger partial charge >= 0.3 is 0 Å².